The summed E-state index contributed by atoms with van der Waals surface area (Å²) in [5, 5.41) is 7.20. The minimum atomic E-state index is 0.204. The third kappa shape index (κ3) is 1.74. The Morgan fingerprint density at radius 3 is 2.82 bits per heavy atom. The number of nitrogens with one attached hydrogen (secondary N) is 1. The van der Waals surface area contributed by atoms with Gasteiger partial charge in [0.05, 0.1) is 5.56 Å². The van der Waals surface area contributed by atoms with Crippen LogP contribution < -0.4 is 5.73 Å². The lowest BCUT2D eigenvalue weighted by atomic mass is 10.3. The molecule has 3 N–H and O–H groups in total. The second kappa shape index (κ2) is 2.96. The SMILES string of the molecule is Cc1ncc(C(=N)Br)c(N)n1. The summed E-state index contributed by atoms with van der Waals surface area (Å²) >= 11 is 2.98. The maximum absolute atomic E-state index is 7.20. The minimum Gasteiger partial charge on any atom is -0.383 e. The predicted octanol–water partition coefficient (Wildman–Crippen LogP) is 1.09. The first-order valence-electron chi connectivity index (χ1n) is 2.95. The average Bonchev–Trinajstić information content (AvgIpc) is 1.85. The molecule has 0 bridgehead atoms. The quantitative estimate of drug-likeness (QED) is 0.688. The van der Waals surface area contributed by atoms with E-state index < -0.39 is 0 Å². The number of aromatic nitrogens is 2. The highest BCUT2D eigenvalue weighted by molar-refractivity contribution is 9.18. The molecule has 0 aromatic carbocycles. The number of nitrogens with zero attached hydrogens (tertiary/aromatic N) is 2. The maximum Gasteiger partial charge on any atom is 0.137 e. The normalized spacial score (nSPS) is 9.64. The van der Waals surface area contributed by atoms with Crippen molar-refractivity contribution in [1.29, 1.82) is 5.41 Å². The largest absolute Gasteiger partial charge is 0.383 e. The van der Waals surface area contributed by atoms with Crippen molar-refractivity contribution in [3.8, 4) is 0 Å². The third-order valence-electron chi connectivity index (χ3n) is 1.18. The molecule has 0 radical (unpaired) electrons. The monoisotopic (exact) mass is 214 g/mol. The second-order valence-corrected chi connectivity index (χ2v) is 2.82. The van der Waals surface area contributed by atoms with Crippen molar-refractivity contribution < 1.29 is 0 Å². The summed E-state index contributed by atoms with van der Waals surface area (Å²) in [5.41, 5.74) is 6.02. The van der Waals surface area contributed by atoms with Crippen LogP contribution in [-0.2, 0) is 0 Å². The van der Waals surface area contributed by atoms with E-state index >= 15 is 0 Å². The van der Waals surface area contributed by atoms with Crippen LogP contribution >= 0.6 is 15.9 Å². The molecule has 0 aliphatic heterocycles. The Kier molecular flexibility index (Phi) is 2.19. The minimum absolute atomic E-state index is 0.204. The molecule has 1 aromatic heterocycles. The molecule has 58 valence electrons. The van der Waals surface area contributed by atoms with Gasteiger partial charge in [0.2, 0.25) is 0 Å². The van der Waals surface area contributed by atoms with Gasteiger partial charge in [-0.3, -0.25) is 5.41 Å². The number of hydrogen-bond acceptors (Lipinski definition) is 4. The van der Waals surface area contributed by atoms with Gasteiger partial charge in [0, 0.05) is 6.20 Å². The fourth-order valence-electron chi connectivity index (χ4n) is 0.657. The molecule has 0 amide bonds. The van der Waals surface area contributed by atoms with Gasteiger partial charge in [-0.25, -0.2) is 9.97 Å². The van der Waals surface area contributed by atoms with Crippen LogP contribution in [0.4, 0.5) is 5.82 Å². The zero-order chi connectivity index (χ0) is 8.43. The van der Waals surface area contributed by atoms with E-state index in [0.29, 0.717) is 17.2 Å². The van der Waals surface area contributed by atoms with E-state index in [4.69, 9.17) is 11.1 Å². The molecule has 0 saturated heterocycles. The molecule has 0 atom stereocenters. The number of halogens is 1. The standard InChI is InChI=1S/C6H7BrN4/c1-3-10-2-4(5(7)8)6(9)11-3/h2,8H,1H3,(H2,9,10,11). The summed E-state index contributed by atoms with van der Waals surface area (Å²) in [4.78, 5) is 7.79. The van der Waals surface area contributed by atoms with Crippen LogP contribution in [0.2, 0.25) is 0 Å². The van der Waals surface area contributed by atoms with Crippen molar-refractivity contribution in [3.63, 3.8) is 0 Å². The molecule has 11 heavy (non-hydrogen) atoms. The number of nitrogen functional groups attached to an aromatic ring is 1. The van der Waals surface area contributed by atoms with Crippen molar-refractivity contribution in [2.75, 3.05) is 5.73 Å². The van der Waals surface area contributed by atoms with Crippen LogP contribution in [0.5, 0.6) is 0 Å². The smallest absolute Gasteiger partial charge is 0.137 e. The summed E-state index contributed by atoms with van der Waals surface area (Å²) in [6, 6.07) is 0. The predicted molar refractivity (Wildman–Crippen MR) is 46.9 cm³/mol. The maximum atomic E-state index is 7.20. The lowest BCUT2D eigenvalue weighted by molar-refractivity contribution is 1.06. The molecule has 0 spiro atoms. The van der Waals surface area contributed by atoms with Crippen molar-refractivity contribution >= 4 is 26.4 Å². The van der Waals surface area contributed by atoms with E-state index in [1.165, 1.54) is 6.20 Å². The Morgan fingerprint density at radius 2 is 2.36 bits per heavy atom. The van der Waals surface area contributed by atoms with E-state index in [0.717, 1.165) is 0 Å². The van der Waals surface area contributed by atoms with E-state index in [2.05, 4.69) is 25.9 Å². The lowest BCUT2D eigenvalue weighted by Crippen LogP contribution is -2.03. The second-order valence-electron chi connectivity index (χ2n) is 2.03. The van der Waals surface area contributed by atoms with Gasteiger partial charge in [0.1, 0.15) is 16.3 Å². The van der Waals surface area contributed by atoms with Gasteiger partial charge >= 0.3 is 0 Å². The number of anilines is 1. The fourth-order valence-corrected chi connectivity index (χ4v) is 0.962. The Labute approximate surface area is 72.5 Å². The molecule has 0 aliphatic carbocycles. The third-order valence-corrected chi connectivity index (χ3v) is 1.60. The number of rotatable bonds is 1. The van der Waals surface area contributed by atoms with Crippen LogP contribution in [0.1, 0.15) is 11.4 Å². The fraction of sp³-hybridized carbons (Fsp3) is 0.167. The summed E-state index contributed by atoms with van der Waals surface area (Å²) < 4.78 is 0.204. The highest BCUT2D eigenvalue weighted by Gasteiger charge is 2.03. The Morgan fingerprint density at radius 1 is 1.73 bits per heavy atom. The molecule has 1 heterocycles. The highest BCUT2D eigenvalue weighted by Crippen LogP contribution is 2.10. The first-order chi connectivity index (χ1) is 5.11. The first-order valence-corrected chi connectivity index (χ1v) is 3.74. The van der Waals surface area contributed by atoms with Gasteiger partial charge in [-0.1, -0.05) is 0 Å². The van der Waals surface area contributed by atoms with Crippen molar-refractivity contribution in [2.45, 2.75) is 6.92 Å². The van der Waals surface area contributed by atoms with Crippen LogP contribution in [0.3, 0.4) is 0 Å². The number of nitrogens with two attached hydrogens (primary N) is 1. The van der Waals surface area contributed by atoms with E-state index in [-0.39, 0.29) is 4.62 Å². The molecule has 1 aromatic rings. The molecule has 0 unspecified atom stereocenters. The molecule has 0 fully saturated rings. The van der Waals surface area contributed by atoms with Crippen LogP contribution in [0.25, 0.3) is 0 Å². The van der Waals surface area contributed by atoms with Gasteiger partial charge in [-0.05, 0) is 22.9 Å². The Bertz CT molecular complexity index is 297. The van der Waals surface area contributed by atoms with E-state index in [9.17, 15) is 0 Å². The molecule has 0 aliphatic rings. The molecule has 1 rings (SSSR count). The number of aryl methyl sites for hydroxylation is 1. The topological polar surface area (TPSA) is 75.7 Å². The van der Waals surface area contributed by atoms with Crippen molar-refractivity contribution in [3.05, 3.63) is 17.6 Å². The van der Waals surface area contributed by atoms with Gasteiger partial charge in [0.15, 0.2) is 0 Å². The van der Waals surface area contributed by atoms with Gasteiger partial charge in [-0.15, -0.1) is 0 Å². The van der Waals surface area contributed by atoms with Gasteiger partial charge in [0.25, 0.3) is 0 Å². The molecule has 0 saturated carbocycles. The molecular weight excluding hydrogens is 208 g/mol. The number of hydrogen-bond donors (Lipinski definition) is 2. The van der Waals surface area contributed by atoms with Crippen LogP contribution in [0, 0.1) is 12.3 Å². The highest BCUT2D eigenvalue weighted by atomic mass is 79.9. The van der Waals surface area contributed by atoms with Gasteiger partial charge < -0.3 is 5.73 Å². The van der Waals surface area contributed by atoms with Crippen LogP contribution in [0.15, 0.2) is 6.20 Å². The molecule has 5 heteroatoms. The first kappa shape index (κ1) is 8.13. The van der Waals surface area contributed by atoms with Gasteiger partial charge in [-0.2, -0.15) is 0 Å². The molecule has 4 nitrogen and oxygen atoms in total. The van der Waals surface area contributed by atoms with Crippen molar-refractivity contribution in [1.82, 2.24) is 9.97 Å². The Hall–Kier alpha value is -0.970. The summed E-state index contributed by atoms with van der Waals surface area (Å²) in [6.45, 7) is 1.75. The van der Waals surface area contributed by atoms with E-state index in [1.807, 2.05) is 0 Å². The summed E-state index contributed by atoms with van der Waals surface area (Å²) in [5.74, 6) is 0.944. The summed E-state index contributed by atoms with van der Waals surface area (Å²) in [7, 11) is 0. The Balaban J connectivity index is 3.20. The zero-order valence-electron chi connectivity index (χ0n) is 5.93. The zero-order valence-corrected chi connectivity index (χ0v) is 7.51. The lowest BCUT2D eigenvalue weighted by Gasteiger charge is -2.00. The van der Waals surface area contributed by atoms with Crippen molar-refractivity contribution in [2.24, 2.45) is 0 Å². The van der Waals surface area contributed by atoms with Crippen LogP contribution in [-0.4, -0.2) is 14.6 Å². The summed E-state index contributed by atoms with van der Waals surface area (Å²) in [6.07, 6.45) is 1.52. The molecular formula is C6H7BrN4. The van der Waals surface area contributed by atoms with E-state index in [1.54, 1.807) is 6.92 Å². The average molecular weight is 215 g/mol.